The lowest BCUT2D eigenvalue weighted by Crippen LogP contribution is -0.481. The van der Waals surface area contributed by atoms with Crippen LogP contribution in [0.15, 0.2) is 0 Å². The second-order valence-corrected chi connectivity index (χ2v) is 0. The van der Waals surface area contributed by atoms with Crippen molar-refractivity contribution >= 4 is 18.3 Å². The van der Waals surface area contributed by atoms with Gasteiger partial charge >= 0.3 is 0 Å². The molecule has 5 heavy (non-hydrogen) atoms. The molecule has 0 heterocycles. The van der Waals surface area contributed by atoms with Crippen LogP contribution in [-0.4, -0.2) is 13.9 Å². The molecule has 2 nitrogen and oxygen atoms in total. The van der Waals surface area contributed by atoms with Gasteiger partial charge in [-0.2, -0.15) is 9.90 Å². The minimum Gasteiger partial charge on any atom is -0.412 e. The third-order valence-corrected chi connectivity index (χ3v) is 0. The standard InChI is InChI=1S/CH4.B.H3N.H2O.H3P/h1H4;;1H3;1H2;1H3. The zero-order chi connectivity index (χ0) is 0. The molecule has 0 aliphatic heterocycles. The Bertz CT molecular complexity index is 11.6. The molecule has 5 N–H and O–H groups in total. The average Bonchev–Trinajstić information content (AvgIpc) is 0. The Balaban J connectivity index is 0. The van der Waals surface area contributed by atoms with Crippen LogP contribution >= 0.6 is 9.90 Å². The van der Waals surface area contributed by atoms with E-state index in [1.807, 2.05) is 0 Å². The lowest BCUT2D eigenvalue weighted by atomic mass is 10.8. The van der Waals surface area contributed by atoms with E-state index < -0.39 is 0 Å². The topological polar surface area (TPSA) is 66.5 Å². The molecule has 0 aromatic heterocycles. The van der Waals surface area contributed by atoms with E-state index in [1.54, 1.807) is 0 Å². The summed E-state index contributed by atoms with van der Waals surface area (Å²) in [4.78, 5) is 0. The molecule has 0 saturated carbocycles. The van der Waals surface area contributed by atoms with Gasteiger partial charge in [0.25, 0.3) is 0 Å². The van der Waals surface area contributed by atoms with Gasteiger partial charge in [0.15, 0.2) is 0 Å². The van der Waals surface area contributed by atoms with Gasteiger partial charge in [-0.05, 0) is 0 Å². The molecule has 0 rings (SSSR count). The zero-order valence-electron chi connectivity index (χ0n) is 2.49. The molecule has 0 saturated heterocycles. The second kappa shape index (κ2) is 299. The summed E-state index contributed by atoms with van der Waals surface area (Å²) < 4.78 is 0. The summed E-state index contributed by atoms with van der Waals surface area (Å²) in [5, 5.41) is 0. The first-order chi connectivity index (χ1) is 0. The van der Waals surface area contributed by atoms with Gasteiger partial charge in [-0.3, -0.25) is 0 Å². The van der Waals surface area contributed by atoms with Gasteiger partial charge < -0.3 is 11.6 Å². The van der Waals surface area contributed by atoms with Gasteiger partial charge in [-0.25, -0.2) is 0 Å². The summed E-state index contributed by atoms with van der Waals surface area (Å²) in [5.74, 6) is 0. The molecule has 0 aromatic carbocycles. The van der Waals surface area contributed by atoms with Crippen LogP contribution in [0.3, 0.4) is 0 Å². The van der Waals surface area contributed by atoms with Gasteiger partial charge in [0.05, 0.1) is 0 Å². The maximum atomic E-state index is 0. The molecule has 0 fully saturated rings. The van der Waals surface area contributed by atoms with Crippen LogP contribution in [0.2, 0.25) is 0 Å². The molecule has 0 bridgehead atoms. The van der Waals surface area contributed by atoms with E-state index in [2.05, 4.69) is 0 Å². The van der Waals surface area contributed by atoms with Crippen molar-refractivity contribution in [3.05, 3.63) is 0 Å². The fourth-order valence-electron chi connectivity index (χ4n) is 0. The molecule has 4 heteroatoms. The third-order valence-electron chi connectivity index (χ3n) is 0. The van der Waals surface area contributed by atoms with Crippen LogP contribution in [-0.2, 0) is 0 Å². The third kappa shape index (κ3) is 150. The Hall–Kier alpha value is 0.415. The summed E-state index contributed by atoms with van der Waals surface area (Å²) in [6.07, 6.45) is 0. The minimum absolute atomic E-state index is 0. The first-order valence-electron chi connectivity index (χ1n) is 0. The molecule has 1 unspecified atom stereocenters. The van der Waals surface area contributed by atoms with Crippen molar-refractivity contribution in [3.8, 4) is 0 Å². The molecular formula is CH12BNOP. The van der Waals surface area contributed by atoms with Gasteiger partial charge in [0.2, 0.25) is 0 Å². The number of rotatable bonds is 0. The van der Waals surface area contributed by atoms with Crippen molar-refractivity contribution in [1.29, 1.82) is 0 Å². The lowest BCUT2D eigenvalue weighted by Gasteiger charge is -0.412. The minimum atomic E-state index is 0. The van der Waals surface area contributed by atoms with Crippen LogP contribution in [0.25, 0.3) is 0 Å². The fraction of sp³-hybridized carbons (Fsp3) is 1.00. The lowest BCUT2D eigenvalue weighted by molar-refractivity contribution is 0.824. The van der Waals surface area contributed by atoms with Crippen LogP contribution in [0.4, 0.5) is 0 Å². The summed E-state index contributed by atoms with van der Waals surface area (Å²) >= 11 is 0. The highest BCUT2D eigenvalue weighted by molar-refractivity contribution is 6.92. The predicted octanol–water partition coefficient (Wildman–Crippen LogP) is -0.349. The molecule has 0 aliphatic carbocycles. The quantitative estimate of drug-likeness (QED) is 0.325. The van der Waals surface area contributed by atoms with Crippen LogP contribution in [0.1, 0.15) is 7.43 Å². The highest BCUT2D eigenvalue weighted by Crippen LogP contribution is 0.861. The smallest absolute Gasteiger partial charge is 0 e. The molecule has 35 valence electrons. The normalized spacial score (nSPS) is 0. The maximum Gasteiger partial charge on any atom is 0 e. The fourth-order valence-corrected chi connectivity index (χ4v) is 0. The number of hydrogen-bond donors (Lipinski definition) is 1. The van der Waals surface area contributed by atoms with Crippen LogP contribution < -0.4 is 6.15 Å². The van der Waals surface area contributed by atoms with E-state index in [4.69, 9.17) is 0 Å². The molecule has 0 amide bonds. The Morgan fingerprint density at radius 3 is 1.00 bits per heavy atom. The first kappa shape index (κ1) is 613. The van der Waals surface area contributed by atoms with E-state index in [1.165, 1.54) is 0 Å². The molecule has 3 radical (unpaired) electrons. The highest BCUT2D eigenvalue weighted by atomic mass is 31.0. The Morgan fingerprint density at radius 2 is 1.00 bits per heavy atom. The molecule has 1 atom stereocenters. The molecule has 0 aliphatic rings. The van der Waals surface area contributed by atoms with Gasteiger partial charge in [0.1, 0.15) is 0 Å². The molecule has 0 aromatic rings. The summed E-state index contributed by atoms with van der Waals surface area (Å²) in [5.41, 5.74) is 0. The average molecular weight is 95.9 g/mol. The van der Waals surface area contributed by atoms with Gasteiger partial charge in [0, 0.05) is 8.41 Å². The van der Waals surface area contributed by atoms with Gasteiger partial charge in [-0.1, -0.05) is 7.43 Å². The Labute approximate surface area is 38.4 Å². The zero-order valence-corrected chi connectivity index (χ0v) is 3.91. The van der Waals surface area contributed by atoms with E-state index in [-0.39, 0.29) is 37.4 Å². The van der Waals surface area contributed by atoms with Crippen molar-refractivity contribution in [2.75, 3.05) is 0 Å². The van der Waals surface area contributed by atoms with E-state index >= 15 is 0 Å². The first-order valence-corrected chi connectivity index (χ1v) is 0. The van der Waals surface area contributed by atoms with Crippen LogP contribution in [0, 0.1) is 0 Å². The molecular weight excluding hydrogens is 83.8 g/mol. The van der Waals surface area contributed by atoms with Crippen molar-refractivity contribution in [3.63, 3.8) is 0 Å². The molecule has 0 spiro atoms. The predicted molar refractivity (Wildman–Crippen MR) is 32.2 cm³/mol. The summed E-state index contributed by atoms with van der Waals surface area (Å²) in [6, 6.07) is 0. The van der Waals surface area contributed by atoms with Crippen molar-refractivity contribution in [2.45, 2.75) is 7.43 Å². The summed E-state index contributed by atoms with van der Waals surface area (Å²) in [6.45, 7) is 0. The summed E-state index contributed by atoms with van der Waals surface area (Å²) in [7, 11) is 0. The largest absolute Gasteiger partial charge is 0.412 e. The maximum absolute atomic E-state index is 0. The van der Waals surface area contributed by atoms with Crippen molar-refractivity contribution < 1.29 is 5.48 Å². The van der Waals surface area contributed by atoms with Crippen molar-refractivity contribution in [2.24, 2.45) is 0 Å². The SMILES string of the molecule is C.N.O.P.[B]. The Morgan fingerprint density at radius 1 is 1.00 bits per heavy atom. The van der Waals surface area contributed by atoms with E-state index in [0.717, 1.165) is 0 Å². The highest BCUT2D eigenvalue weighted by Gasteiger charge is 0.0000251. The van der Waals surface area contributed by atoms with Gasteiger partial charge in [-0.15, -0.1) is 0 Å². The van der Waals surface area contributed by atoms with E-state index in [0.29, 0.717) is 0 Å². The van der Waals surface area contributed by atoms with Crippen LogP contribution in [0.5, 0.6) is 0 Å². The monoisotopic (exact) mass is 96.1 g/mol. The second-order valence-electron chi connectivity index (χ2n) is 0. The van der Waals surface area contributed by atoms with E-state index in [9.17, 15) is 0 Å². The van der Waals surface area contributed by atoms with Crippen molar-refractivity contribution in [1.82, 2.24) is 6.15 Å². The Kier molecular flexibility index (Phi) is 36700. The number of hydrogen-bond acceptors (Lipinski definition) is 1.